The molecule has 4 aromatic carbocycles. The average Bonchev–Trinajstić information content (AvgIpc) is 3.24. The molecule has 0 spiro atoms. The van der Waals surface area contributed by atoms with Crippen LogP contribution in [-0.2, 0) is 0 Å². The number of aromatic nitrogens is 1. The maximum Gasteiger partial charge on any atom is 0.196 e. The van der Waals surface area contributed by atoms with Crippen LogP contribution in [-0.4, -0.2) is 4.98 Å². The second-order valence-corrected chi connectivity index (χ2v) is 7.31. The predicted octanol–water partition coefficient (Wildman–Crippen LogP) is 6.56. The van der Waals surface area contributed by atoms with Crippen LogP contribution in [0.3, 0.4) is 0 Å². The standard InChI is InChI=1S/C26H18N2O/c1-2-7-19(8-3-1)26-28-23-13-12-18-10-11-20(16-22(18)25(23)29-26)24-21-9-5-4-6-17(21)14-15-27-24/h1-16,26,28H. The quantitative estimate of drug-likeness (QED) is 0.380. The molecule has 29 heavy (non-hydrogen) atoms. The fourth-order valence-electron chi connectivity index (χ4n) is 4.10. The smallest absolute Gasteiger partial charge is 0.196 e. The van der Waals surface area contributed by atoms with Gasteiger partial charge < -0.3 is 10.1 Å². The van der Waals surface area contributed by atoms with E-state index in [2.05, 4.69) is 83.1 Å². The summed E-state index contributed by atoms with van der Waals surface area (Å²) in [6.07, 6.45) is 1.71. The van der Waals surface area contributed by atoms with Gasteiger partial charge in [0.05, 0.1) is 11.4 Å². The number of fused-ring (bicyclic) bond motifs is 4. The number of nitrogens with one attached hydrogen (secondary N) is 1. The van der Waals surface area contributed by atoms with E-state index in [4.69, 9.17) is 4.74 Å². The van der Waals surface area contributed by atoms with Crippen molar-refractivity contribution >= 4 is 27.2 Å². The molecule has 0 bridgehead atoms. The Kier molecular flexibility index (Phi) is 3.53. The Morgan fingerprint density at radius 2 is 1.52 bits per heavy atom. The molecule has 1 aliphatic rings. The van der Waals surface area contributed by atoms with Gasteiger partial charge in [-0.05, 0) is 29.0 Å². The highest BCUT2D eigenvalue weighted by Gasteiger charge is 2.25. The van der Waals surface area contributed by atoms with Crippen LogP contribution in [0, 0.1) is 0 Å². The van der Waals surface area contributed by atoms with Gasteiger partial charge in [0.2, 0.25) is 0 Å². The van der Waals surface area contributed by atoms with Gasteiger partial charge in [0.25, 0.3) is 0 Å². The summed E-state index contributed by atoms with van der Waals surface area (Å²) >= 11 is 0. The first-order chi connectivity index (χ1) is 14.4. The molecule has 0 saturated carbocycles. The van der Waals surface area contributed by atoms with Crippen LogP contribution < -0.4 is 10.1 Å². The van der Waals surface area contributed by atoms with Crippen molar-refractivity contribution in [2.24, 2.45) is 0 Å². The van der Waals surface area contributed by atoms with Gasteiger partial charge in [0, 0.05) is 28.1 Å². The van der Waals surface area contributed by atoms with E-state index in [0.717, 1.165) is 44.4 Å². The van der Waals surface area contributed by atoms with Crippen molar-refractivity contribution in [2.75, 3.05) is 5.32 Å². The molecule has 138 valence electrons. The number of hydrogen-bond donors (Lipinski definition) is 1. The summed E-state index contributed by atoms with van der Waals surface area (Å²) in [6, 6.07) is 31.4. The van der Waals surface area contributed by atoms with E-state index in [1.54, 1.807) is 0 Å². The fraction of sp³-hybridized carbons (Fsp3) is 0.0385. The van der Waals surface area contributed by atoms with Gasteiger partial charge >= 0.3 is 0 Å². The van der Waals surface area contributed by atoms with Crippen LogP contribution in [0.2, 0.25) is 0 Å². The number of nitrogens with zero attached hydrogens (tertiary/aromatic N) is 1. The maximum absolute atomic E-state index is 6.35. The van der Waals surface area contributed by atoms with Gasteiger partial charge in [-0.15, -0.1) is 0 Å². The van der Waals surface area contributed by atoms with E-state index in [-0.39, 0.29) is 6.23 Å². The molecule has 0 fully saturated rings. The summed E-state index contributed by atoms with van der Waals surface area (Å²) in [4.78, 5) is 4.68. The molecule has 0 radical (unpaired) electrons. The molecule has 3 nitrogen and oxygen atoms in total. The normalized spacial score (nSPS) is 15.1. The van der Waals surface area contributed by atoms with Crippen LogP contribution in [0.15, 0.2) is 97.2 Å². The molecule has 6 rings (SSSR count). The van der Waals surface area contributed by atoms with E-state index >= 15 is 0 Å². The first-order valence-corrected chi connectivity index (χ1v) is 9.76. The summed E-state index contributed by atoms with van der Waals surface area (Å²) in [5.41, 5.74) is 4.22. The highest BCUT2D eigenvalue weighted by Crippen LogP contribution is 2.44. The molecule has 3 heteroatoms. The number of rotatable bonds is 2. The molecule has 2 heterocycles. The van der Waals surface area contributed by atoms with Crippen LogP contribution in [0.25, 0.3) is 32.8 Å². The van der Waals surface area contributed by atoms with E-state index in [0.29, 0.717) is 0 Å². The summed E-state index contributed by atoms with van der Waals surface area (Å²) in [6.45, 7) is 0. The zero-order valence-electron chi connectivity index (χ0n) is 15.7. The molecule has 1 aromatic heterocycles. The lowest BCUT2D eigenvalue weighted by atomic mass is 10.00. The van der Waals surface area contributed by atoms with Gasteiger partial charge in [-0.2, -0.15) is 0 Å². The Morgan fingerprint density at radius 3 is 2.45 bits per heavy atom. The summed E-state index contributed by atoms with van der Waals surface area (Å²) in [5, 5.41) is 8.10. The van der Waals surface area contributed by atoms with Crippen molar-refractivity contribution in [3.05, 3.63) is 103 Å². The van der Waals surface area contributed by atoms with Crippen molar-refractivity contribution < 1.29 is 4.74 Å². The molecule has 1 aliphatic heterocycles. The lowest BCUT2D eigenvalue weighted by Crippen LogP contribution is -2.09. The Balaban J connectivity index is 1.49. The third-order valence-corrected chi connectivity index (χ3v) is 5.54. The Hall–Kier alpha value is -3.85. The number of benzene rings is 4. The molecule has 0 saturated heterocycles. The van der Waals surface area contributed by atoms with Crippen LogP contribution in [0.4, 0.5) is 5.69 Å². The summed E-state index contributed by atoms with van der Waals surface area (Å²) in [5.74, 6) is 0.901. The molecular weight excluding hydrogens is 356 g/mol. The van der Waals surface area contributed by atoms with Gasteiger partial charge in [-0.25, -0.2) is 0 Å². The van der Waals surface area contributed by atoms with Crippen molar-refractivity contribution in [1.82, 2.24) is 4.98 Å². The molecular formula is C26H18N2O. The van der Waals surface area contributed by atoms with Crippen molar-refractivity contribution in [2.45, 2.75) is 6.23 Å². The Bertz CT molecular complexity index is 1360. The van der Waals surface area contributed by atoms with Crippen LogP contribution in [0.5, 0.6) is 5.75 Å². The second-order valence-electron chi connectivity index (χ2n) is 7.31. The van der Waals surface area contributed by atoms with Crippen molar-refractivity contribution in [3.63, 3.8) is 0 Å². The lowest BCUT2D eigenvalue weighted by molar-refractivity contribution is 0.262. The first-order valence-electron chi connectivity index (χ1n) is 9.76. The highest BCUT2D eigenvalue weighted by molar-refractivity contribution is 6.00. The third-order valence-electron chi connectivity index (χ3n) is 5.54. The first kappa shape index (κ1) is 16.1. The summed E-state index contributed by atoms with van der Waals surface area (Å²) < 4.78 is 6.35. The molecule has 5 aromatic rings. The number of anilines is 1. The zero-order chi connectivity index (χ0) is 19.2. The van der Waals surface area contributed by atoms with Crippen molar-refractivity contribution in [3.8, 4) is 17.0 Å². The average molecular weight is 374 g/mol. The zero-order valence-corrected chi connectivity index (χ0v) is 15.7. The van der Waals surface area contributed by atoms with Gasteiger partial charge in [0.15, 0.2) is 12.0 Å². The monoisotopic (exact) mass is 374 g/mol. The minimum absolute atomic E-state index is 0.170. The SMILES string of the molecule is c1ccc(C2Nc3ccc4ccc(-c5nccc6ccccc56)cc4c3O2)cc1. The number of ether oxygens (including phenoxy) is 1. The minimum Gasteiger partial charge on any atom is -0.464 e. The predicted molar refractivity (Wildman–Crippen MR) is 118 cm³/mol. The molecule has 1 atom stereocenters. The largest absolute Gasteiger partial charge is 0.464 e. The minimum atomic E-state index is -0.170. The maximum atomic E-state index is 6.35. The number of hydrogen-bond acceptors (Lipinski definition) is 3. The topological polar surface area (TPSA) is 34.2 Å². The Morgan fingerprint density at radius 1 is 0.724 bits per heavy atom. The van der Waals surface area contributed by atoms with Gasteiger partial charge in [-0.3, -0.25) is 4.98 Å². The van der Waals surface area contributed by atoms with E-state index in [9.17, 15) is 0 Å². The molecule has 1 N–H and O–H groups in total. The van der Waals surface area contributed by atoms with E-state index in [1.165, 1.54) is 5.39 Å². The summed E-state index contributed by atoms with van der Waals surface area (Å²) in [7, 11) is 0. The molecule has 0 aliphatic carbocycles. The third kappa shape index (κ3) is 2.63. The van der Waals surface area contributed by atoms with Crippen molar-refractivity contribution in [1.29, 1.82) is 0 Å². The van der Waals surface area contributed by atoms with Gasteiger partial charge in [-0.1, -0.05) is 72.8 Å². The molecule has 0 amide bonds. The van der Waals surface area contributed by atoms with Gasteiger partial charge in [0.1, 0.15) is 0 Å². The van der Waals surface area contributed by atoms with Crippen LogP contribution >= 0.6 is 0 Å². The fourth-order valence-corrected chi connectivity index (χ4v) is 4.10. The lowest BCUT2D eigenvalue weighted by Gasteiger charge is -2.12. The van der Waals surface area contributed by atoms with E-state index < -0.39 is 0 Å². The molecule has 1 unspecified atom stereocenters. The second kappa shape index (κ2) is 6.35. The number of pyridine rings is 1. The Labute approximate surface area is 168 Å². The van der Waals surface area contributed by atoms with Crippen LogP contribution in [0.1, 0.15) is 11.8 Å². The van der Waals surface area contributed by atoms with E-state index in [1.807, 2.05) is 24.4 Å². The highest BCUT2D eigenvalue weighted by atomic mass is 16.5.